The van der Waals surface area contributed by atoms with Crippen LogP contribution in [0, 0.1) is 6.92 Å². The van der Waals surface area contributed by atoms with E-state index in [9.17, 15) is 0 Å². The van der Waals surface area contributed by atoms with Crippen molar-refractivity contribution >= 4 is 33.3 Å². The lowest BCUT2D eigenvalue weighted by Crippen LogP contribution is -2.09. The van der Waals surface area contributed by atoms with Crippen molar-refractivity contribution in [1.82, 2.24) is 9.97 Å². The van der Waals surface area contributed by atoms with E-state index in [1.165, 1.54) is 11.3 Å². The Balaban J connectivity index is 1.86. The highest BCUT2D eigenvalue weighted by Crippen LogP contribution is 2.28. The molecule has 0 aromatic carbocycles. The third kappa shape index (κ3) is 4.05. The molecule has 20 heavy (non-hydrogen) atoms. The molecule has 2 heterocycles. The third-order valence-electron chi connectivity index (χ3n) is 2.93. The molecule has 0 aliphatic heterocycles. The summed E-state index contributed by atoms with van der Waals surface area (Å²) in [6.07, 6.45) is 3.26. The smallest absolute Gasteiger partial charge is 0.223 e. The molecule has 0 aliphatic carbocycles. The van der Waals surface area contributed by atoms with E-state index in [4.69, 9.17) is 10.5 Å². The van der Waals surface area contributed by atoms with Crippen LogP contribution in [0.15, 0.2) is 6.07 Å². The van der Waals surface area contributed by atoms with Crippen LogP contribution in [0.5, 0.6) is 0 Å². The molecule has 0 amide bonds. The fraction of sp³-hybridized carbons (Fsp3) is 0.571. The topological polar surface area (TPSA) is 73.1 Å². The highest BCUT2D eigenvalue weighted by atomic mass is 32.1. The molecule has 0 bridgehead atoms. The van der Waals surface area contributed by atoms with Crippen molar-refractivity contribution < 1.29 is 4.74 Å². The van der Waals surface area contributed by atoms with Gasteiger partial charge in [-0.2, -0.15) is 4.98 Å². The van der Waals surface area contributed by atoms with E-state index < -0.39 is 0 Å². The average molecular weight is 294 g/mol. The van der Waals surface area contributed by atoms with Crippen LogP contribution in [-0.2, 0) is 4.74 Å². The minimum atomic E-state index is 0.320. The number of fused-ring (bicyclic) bond motifs is 1. The molecule has 0 saturated carbocycles. The molecule has 0 aliphatic rings. The van der Waals surface area contributed by atoms with E-state index >= 15 is 0 Å². The van der Waals surface area contributed by atoms with Crippen molar-refractivity contribution in [2.75, 3.05) is 30.8 Å². The fourth-order valence-electron chi connectivity index (χ4n) is 1.92. The highest BCUT2D eigenvalue weighted by molar-refractivity contribution is 7.18. The third-order valence-corrected chi connectivity index (χ3v) is 3.88. The number of aromatic nitrogens is 2. The van der Waals surface area contributed by atoms with E-state index in [0.717, 1.165) is 48.6 Å². The fourth-order valence-corrected chi connectivity index (χ4v) is 2.81. The minimum Gasteiger partial charge on any atom is -0.381 e. The minimum absolute atomic E-state index is 0.320. The number of ether oxygens (including phenoxy) is 1. The Hall–Kier alpha value is -1.40. The van der Waals surface area contributed by atoms with Gasteiger partial charge in [0.25, 0.3) is 0 Å². The van der Waals surface area contributed by atoms with Gasteiger partial charge in [-0.1, -0.05) is 13.3 Å². The molecule has 2 aromatic heterocycles. The van der Waals surface area contributed by atoms with Gasteiger partial charge >= 0.3 is 0 Å². The monoisotopic (exact) mass is 294 g/mol. The summed E-state index contributed by atoms with van der Waals surface area (Å²) in [6, 6.07) is 2.10. The van der Waals surface area contributed by atoms with Crippen LogP contribution >= 0.6 is 11.3 Å². The summed E-state index contributed by atoms with van der Waals surface area (Å²) in [5.74, 6) is 1.14. The number of unbranched alkanes of at least 4 members (excludes halogenated alkanes) is 1. The molecular weight excluding hydrogens is 272 g/mol. The van der Waals surface area contributed by atoms with Crippen LogP contribution < -0.4 is 11.1 Å². The molecule has 2 rings (SSSR count). The summed E-state index contributed by atoms with van der Waals surface area (Å²) in [5, 5.41) is 4.38. The summed E-state index contributed by atoms with van der Waals surface area (Å²) in [4.78, 5) is 10.7. The van der Waals surface area contributed by atoms with Gasteiger partial charge < -0.3 is 15.8 Å². The lowest BCUT2D eigenvalue weighted by Gasteiger charge is -2.07. The Labute approximate surface area is 123 Å². The van der Waals surface area contributed by atoms with E-state index in [0.29, 0.717) is 5.95 Å². The molecule has 2 aromatic rings. The first-order valence-corrected chi connectivity index (χ1v) is 7.87. The Morgan fingerprint density at radius 2 is 2.10 bits per heavy atom. The van der Waals surface area contributed by atoms with Gasteiger partial charge in [0, 0.05) is 24.6 Å². The van der Waals surface area contributed by atoms with Crippen LogP contribution in [-0.4, -0.2) is 29.7 Å². The van der Waals surface area contributed by atoms with Crippen molar-refractivity contribution in [2.45, 2.75) is 33.1 Å². The lowest BCUT2D eigenvalue weighted by atomic mass is 10.3. The van der Waals surface area contributed by atoms with E-state index in [1.807, 2.05) is 0 Å². The first-order valence-electron chi connectivity index (χ1n) is 7.06. The van der Waals surface area contributed by atoms with Gasteiger partial charge in [0.05, 0.1) is 5.39 Å². The molecule has 110 valence electrons. The standard InChI is InChI=1S/C14H22N4OS/c1-3-4-7-19-8-5-6-16-12-11-9-10(2)20-13(11)18-14(15)17-12/h9H,3-8H2,1-2H3,(H3,15,16,17,18). The predicted molar refractivity (Wildman–Crippen MR) is 85.4 cm³/mol. The number of thiophene rings is 1. The number of nitrogen functional groups attached to an aromatic ring is 1. The van der Waals surface area contributed by atoms with Crippen molar-refractivity contribution in [2.24, 2.45) is 0 Å². The summed E-state index contributed by atoms with van der Waals surface area (Å²) < 4.78 is 5.53. The van der Waals surface area contributed by atoms with Crippen molar-refractivity contribution in [1.29, 1.82) is 0 Å². The first-order chi connectivity index (χ1) is 9.70. The molecule has 0 atom stereocenters. The quantitative estimate of drug-likeness (QED) is 0.731. The summed E-state index contributed by atoms with van der Waals surface area (Å²) in [7, 11) is 0. The van der Waals surface area contributed by atoms with Crippen molar-refractivity contribution in [3.63, 3.8) is 0 Å². The van der Waals surface area contributed by atoms with Crippen LogP contribution in [0.2, 0.25) is 0 Å². The average Bonchev–Trinajstić information content (AvgIpc) is 2.77. The Bertz CT molecular complexity index is 555. The summed E-state index contributed by atoms with van der Waals surface area (Å²) in [5.41, 5.74) is 5.74. The van der Waals surface area contributed by atoms with E-state index in [1.54, 1.807) is 11.3 Å². The molecule has 6 heteroatoms. The molecule has 0 unspecified atom stereocenters. The van der Waals surface area contributed by atoms with Crippen molar-refractivity contribution in [3.05, 3.63) is 10.9 Å². The maximum atomic E-state index is 5.74. The predicted octanol–water partition coefficient (Wildman–Crippen LogP) is 3.20. The molecule has 0 radical (unpaired) electrons. The molecular formula is C14H22N4OS. The second-order valence-electron chi connectivity index (χ2n) is 4.75. The molecule has 0 fully saturated rings. The largest absolute Gasteiger partial charge is 0.381 e. The van der Waals surface area contributed by atoms with Gasteiger partial charge in [0.1, 0.15) is 10.6 Å². The zero-order valence-electron chi connectivity index (χ0n) is 12.1. The summed E-state index contributed by atoms with van der Waals surface area (Å²) in [6.45, 7) is 6.68. The highest BCUT2D eigenvalue weighted by Gasteiger charge is 2.08. The number of nitrogens with one attached hydrogen (secondary N) is 1. The Morgan fingerprint density at radius 1 is 1.30 bits per heavy atom. The van der Waals surface area contributed by atoms with Gasteiger partial charge in [-0.3, -0.25) is 0 Å². The second-order valence-corrected chi connectivity index (χ2v) is 5.99. The van der Waals surface area contributed by atoms with Crippen LogP contribution in [0.25, 0.3) is 10.2 Å². The van der Waals surface area contributed by atoms with E-state index in [-0.39, 0.29) is 0 Å². The zero-order valence-corrected chi connectivity index (χ0v) is 12.9. The number of nitrogens with two attached hydrogens (primary N) is 1. The molecule has 3 N–H and O–H groups in total. The van der Waals surface area contributed by atoms with Gasteiger partial charge in [-0.05, 0) is 25.8 Å². The SMILES string of the molecule is CCCCOCCCNc1nc(N)nc2sc(C)cc12. The molecule has 0 spiro atoms. The number of rotatable bonds is 8. The van der Waals surface area contributed by atoms with Crippen molar-refractivity contribution in [3.8, 4) is 0 Å². The van der Waals surface area contributed by atoms with Gasteiger partial charge in [-0.15, -0.1) is 11.3 Å². The second kappa shape index (κ2) is 7.40. The number of aryl methyl sites for hydroxylation is 1. The zero-order chi connectivity index (χ0) is 14.4. The maximum absolute atomic E-state index is 5.74. The van der Waals surface area contributed by atoms with Gasteiger partial charge in [-0.25, -0.2) is 4.98 Å². The number of hydrogen-bond donors (Lipinski definition) is 2. The maximum Gasteiger partial charge on any atom is 0.223 e. The number of anilines is 2. The number of hydrogen-bond acceptors (Lipinski definition) is 6. The molecule has 5 nitrogen and oxygen atoms in total. The lowest BCUT2D eigenvalue weighted by molar-refractivity contribution is 0.131. The van der Waals surface area contributed by atoms with E-state index in [2.05, 4.69) is 35.2 Å². The van der Waals surface area contributed by atoms with Crippen LogP contribution in [0.1, 0.15) is 31.1 Å². The first kappa shape index (κ1) is 15.0. The molecule has 0 saturated heterocycles. The Kier molecular flexibility index (Phi) is 5.55. The van der Waals surface area contributed by atoms with Gasteiger partial charge in [0.2, 0.25) is 5.95 Å². The van der Waals surface area contributed by atoms with Crippen LogP contribution in [0.3, 0.4) is 0 Å². The number of nitrogens with zero attached hydrogens (tertiary/aromatic N) is 2. The van der Waals surface area contributed by atoms with Crippen LogP contribution in [0.4, 0.5) is 11.8 Å². The Morgan fingerprint density at radius 3 is 2.90 bits per heavy atom. The summed E-state index contributed by atoms with van der Waals surface area (Å²) >= 11 is 1.64. The normalized spacial score (nSPS) is 11.1. The van der Waals surface area contributed by atoms with Gasteiger partial charge in [0.15, 0.2) is 0 Å².